The van der Waals surface area contributed by atoms with E-state index in [-0.39, 0.29) is 12.5 Å². The molecule has 10 nitrogen and oxygen atoms in total. The van der Waals surface area contributed by atoms with E-state index in [4.69, 9.17) is 5.73 Å². The molecule has 0 unspecified atom stereocenters. The number of anilines is 1. The summed E-state index contributed by atoms with van der Waals surface area (Å²) >= 11 is 0. The highest BCUT2D eigenvalue weighted by molar-refractivity contribution is 5.76. The molecule has 1 aliphatic heterocycles. The van der Waals surface area contributed by atoms with E-state index in [2.05, 4.69) is 28.7 Å². The van der Waals surface area contributed by atoms with E-state index in [9.17, 15) is 14.4 Å². The fraction of sp³-hybridized carbons (Fsp3) is 0.625. The summed E-state index contributed by atoms with van der Waals surface area (Å²) in [7, 11) is 1.60. The first-order valence-electron chi connectivity index (χ1n) is 8.73. The monoisotopic (exact) mass is 363 g/mol. The highest BCUT2D eigenvalue weighted by Gasteiger charge is 2.25. The minimum Gasteiger partial charge on any atom is -0.369 e. The van der Waals surface area contributed by atoms with Gasteiger partial charge in [-0.15, -0.1) is 0 Å². The predicted molar refractivity (Wildman–Crippen MR) is 98.3 cm³/mol. The molecular weight excluding hydrogens is 338 g/mol. The van der Waals surface area contributed by atoms with Gasteiger partial charge in [-0.2, -0.15) is 4.98 Å². The second-order valence-electron chi connectivity index (χ2n) is 7.14. The Morgan fingerprint density at radius 1 is 1.23 bits per heavy atom. The molecule has 0 saturated carbocycles. The van der Waals surface area contributed by atoms with E-state index < -0.39 is 11.2 Å². The molecule has 2 aromatic rings. The Kier molecular flexibility index (Phi) is 4.86. The van der Waals surface area contributed by atoms with Gasteiger partial charge in [0.05, 0.1) is 6.54 Å². The van der Waals surface area contributed by atoms with Crippen LogP contribution in [0.15, 0.2) is 9.59 Å². The summed E-state index contributed by atoms with van der Waals surface area (Å²) in [6.07, 6.45) is 0. The van der Waals surface area contributed by atoms with Crippen molar-refractivity contribution >= 4 is 23.0 Å². The molecule has 26 heavy (non-hydrogen) atoms. The van der Waals surface area contributed by atoms with Crippen LogP contribution < -0.4 is 21.9 Å². The first-order valence-corrected chi connectivity index (χ1v) is 8.73. The van der Waals surface area contributed by atoms with Crippen LogP contribution in [0.2, 0.25) is 0 Å². The minimum absolute atomic E-state index is 0.240. The Morgan fingerprint density at radius 2 is 1.88 bits per heavy atom. The Balaban J connectivity index is 2.02. The van der Waals surface area contributed by atoms with Crippen LogP contribution >= 0.6 is 0 Å². The van der Waals surface area contributed by atoms with Crippen molar-refractivity contribution in [1.29, 1.82) is 0 Å². The zero-order valence-corrected chi connectivity index (χ0v) is 15.4. The third kappa shape index (κ3) is 3.36. The number of hydrogen-bond acceptors (Lipinski definition) is 6. The van der Waals surface area contributed by atoms with Crippen molar-refractivity contribution in [2.45, 2.75) is 20.4 Å². The number of nitrogens with one attached hydrogen (secondary N) is 1. The van der Waals surface area contributed by atoms with Crippen molar-refractivity contribution in [1.82, 2.24) is 24.0 Å². The largest absolute Gasteiger partial charge is 0.369 e. The Bertz CT molecular complexity index is 932. The Morgan fingerprint density at radius 3 is 2.46 bits per heavy atom. The number of fused-ring (bicyclic) bond motifs is 1. The van der Waals surface area contributed by atoms with E-state index >= 15 is 0 Å². The van der Waals surface area contributed by atoms with Crippen LogP contribution in [0.25, 0.3) is 11.2 Å². The van der Waals surface area contributed by atoms with Crippen molar-refractivity contribution in [3.8, 4) is 0 Å². The molecule has 1 fully saturated rings. The molecule has 0 aliphatic carbocycles. The number of carbonyl (C=O) groups excluding carboxylic acids is 1. The van der Waals surface area contributed by atoms with Gasteiger partial charge in [0.2, 0.25) is 11.9 Å². The van der Waals surface area contributed by atoms with Crippen LogP contribution in [0.4, 0.5) is 5.95 Å². The van der Waals surface area contributed by atoms with Crippen LogP contribution in [-0.4, -0.2) is 62.6 Å². The van der Waals surface area contributed by atoms with E-state index in [1.165, 1.54) is 4.57 Å². The molecule has 0 bridgehead atoms. The normalized spacial score (nSPS) is 15.9. The number of piperazine rings is 1. The Labute approximate surface area is 150 Å². The number of H-pyrrole nitrogens is 1. The fourth-order valence-electron chi connectivity index (χ4n) is 3.33. The number of aromatic nitrogens is 4. The molecule has 0 atom stereocenters. The van der Waals surface area contributed by atoms with Crippen molar-refractivity contribution in [3.63, 3.8) is 0 Å². The number of nitrogens with zero attached hydrogens (tertiary/aromatic N) is 5. The molecule has 0 aromatic carbocycles. The number of rotatable bonds is 5. The van der Waals surface area contributed by atoms with Gasteiger partial charge in [-0.25, -0.2) is 4.79 Å². The summed E-state index contributed by atoms with van der Waals surface area (Å²) in [5.74, 6) is 0.644. The lowest BCUT2D eigenvalue weighted by atomic mass is 10.2. The van der Waals surface area contributed by atoms with E-state index in [0.717, 1.165) is 0 Å². The van der Waals surface area contributed by atoms with Gasteiger partial charge in [-0.3, -0.25) is 24.0 Å². The summed E-state index contributed by atoms with van der Waals surface area (Å²) < 4.78 is 3.25. The SMILES string of the molecule is CC(C)Cn1c(N2CCN(CC(N)=O)CC2)nc2c1c(=O)[nH]c(=O)n2C. The summed E-state index contributed by atoms with van der Waals surface area (Å²) in [5, 5.41) is 0. The second-order valence-corrected chi connectivity index (χ2v) is 7.14. The molecule has 3 N–H and O–H groups in total. The average Bonchev–Trinajstić information content (AvgIpc) is 2.92. The highest BCUT2D eigenvalue weighted by atomic mass is 16.2. The van der Waals surface area contributed by atoms with Gasteiger partial charge in [0.15, 0.2) is 11.2 Å². The van der Waals surface area contributed by atoms with Gasteiger partial charge >= 0.3 is 5.69 Å². The number of aromatic amines is 1. The molecule has 0 radical (unpaired) electrons. The lowest BCUT2D eigenvalue weighted by Gasteiger charge is -2.34. The highest BCUT2D eigenvalue weighted by Crippen LogP contribution is 2.22. The van der Waals surface area contributed by atoms with Gasteiger partial charge < -0.3 is 15.2 Å². The molecule has 1 saturated heterocycles. The Hall–Kier alpha value is -2.62. The molecule has 10 heteroatoms. The third-order valence-corrected chi connectivity index (χ3v) is 4.57. The third-order valence-electron chi connectivity index (χ3n) is 4.57. The lowest BCUT2D eigenvalue weighted by Crippen LogP contribution is -2.49. The molecular formula is C16H25N7O3. The van der Waals surface area contributed by atoms with Gasteiger partial charge in [-0.05, 0) is 5.92 Å². The maximum atomic E-state index is 12.4. The fourth-order valence-corrected chi connectivity index (χ4v) is 3.33. The van der Waals surface area contributed by atoms with E-state index in [1.54, 1.807) is 7.05 Å². The molecule has 1 amide bonds. The molecule has 3 heterocycles. The maximum Gasteiger partial charge on any atom is 0.329 e. The molecule has 1 aliphatic rings. The number of nitrogens with two attached hydrogens (primary N) is 1. The molecule has 2 aromatic heterocycles. The number of carbonyl (C=O) groups is 1. The number of aryl methyl sites for hydroxylation is 1. The van der Waals surface area contributed by atoms with Gasteiger partial charge in [0, 0.05) is 39.8 Å². The zero-order chi connectivity index (χ0) is 19.0. The number of imidazole rings is 1. The molecule has 3 rings (SSSR count). The van der Waals surface area contributed by atoms with Crippen LogP contribution in [-0.2, 0) is 18.4 Å². The van der Waals surface area contributed by atoms with E-state index in [0.29, 0.717) is 55.8 Å². The summed E-state index contributed by atoms with van der Waals surface area (Å²) in [4.78, 5) is 46.5. The second kappa shape index (κ2) is 6.94. The maximum absolute atomic E-state index is 12.4. The van der Waals surface area contributed by atoms with Gasteiger partial charge in [0.1, 0.15) is 0 Å². The average molecular weight is 363 g/mol. The summed E-state index contributed by atoms with van der Waals surface area (Å²) in [5.41, 5.74) is 5.16. The number of amides is 1. The first-order chi connectivity index (χ1) is 12.3. The predicted octanol–water partition coefficient (Wildman–Crippen LogP) is -1.31. The minimum atomic E-state index is -0.477. The topological polar surface area (TPSA) is 122 Å². The van der Waals surface area contributed by atoms with Crippen LogP contribution in [0.3, 0.4) is 0 Å². The van der Waals surface area contributed by atoms with Gasteiger partial charge in [-0.1, -0.05) is 13.8 Å². The summed E-state index contributed by atoms with van der Waals surface area (Å²) in [6, 6.07) is 0. The van der Waals surface area contributed by atoms with Crippen molar-refractivity contribution < 1.29 is 4.79 Å². The quantitative estimate of drug-likeness (QED) is 0.680. The standard InChI is InChI=1S/C16H25N7O3/c1-10(2)8-23-12-13(20(3)16(26)19-14(12)25)18-15(23)22-6-4-21(5-7-22)9-11(17)24/h10H,4-9H2,1-3H3,(H2,17,24)(H,19,25,26). The smallest absolute Gasteiger partial charge is 0.329 e. The first kappa shape index (κ1) is 18.2. The van der Waals surface area contributed by atoms with Crippen LogP contribution in [0.5, 0.6) is 0 Å². The van der Waals surface area contributed by atoms with Crippen molar-refractivity contribution in [2.75, 3.05) is 37.6 Å². The zero-order valence-electron chi connectivity index (χ0n) is 15.4. The molecule has 0 spiro atoms. The number of hydrogen-bond donors (Lipinski definition) is 2. The van der Waals surface area contributed by atoms with E-state index in [1.807, 2.05) is 9.47 Å². The molecule has 142 valence electrons. The lowest BCUT2D eigenvalue weighted by molar-refractivity contribution is -0.119. The van der Waals surface area contributed by atoms with Crippen molar-refractivity contribution in [2.24, 2.45) is 18.7 Å². The summed E-state index contributed by atoms with van der Waals surface area (Å²) in [6.45, 7) is 7.69. The van der Waals surface area contributed by atoms with Gasteiger partial charge in [0.25, 0.3) is 5.56 Å². The van der Waals surface area contributed by atoms with Crippen molar-refractivity contribution in [3.05, 3.63) is 20.8 Å². The van der Waals surface area contributed by atoms with Crippen LogP contribution in [0.1, 0.15) is 13.8 Å². The number of primary amides is 1. The van der Waals surface area contributed by atoms with Crippen LogP contribution in [0, 0.1) is 5.92 Å².